The Hall–Kier alpha value is -1.25. The fourth-order valence-electron chi connectivity index (χ4n) is 2.39. The summed E-state index contributed by atoms with van der Waals surface area (Å²) in [4.78, 5) is 13.9. The van der Waals surface area contributed by atoms with E-state index in [1.807, 2.05) is 11.9 Å². The lowest BCUT2D eigenvalue weighted by Crippen LogP contribution is -2.39. The van der Waals surface area contributed by atoms with Crippen molar-refractivity contribution in [1.29, 1.82) is 0 Å². The summed E-state index contributed by atoms with van der Waals surface area (Å²) in [6.45, 7) is 2.29. The van der Waals surface area contributed by atoms with Crippen LogP contribution in [-0.4, -0.2) is 23.9 Å². The van der Waals surface area contributed by atoms with Gasteiger partial charge in [-0.1, -0.05) is 6.92 Å². The molecule has 1 aromatic rings. The lowest BCUT2D eigenvalue weighted by atomic mass is 9.86. The average Bonchev–Trinajstić information content (AvgIpc) is 2.81. The molecule has 0 aliphatic heterocycles. The normalized spacial score (nSPS) is 25.4. The molecule has 3 nitrogen and oxygen atoms in total. The molecule has 1 saturated carbocycles. The van der Waals surface area contributed by atoms with Crippen LogP contribution in [0, 0.1) is 5.92 Å². The SMILES string of the molecule is CC1CCC(N(C)C(=O)c2ccoc2)CC1. The van der Waals surface area contributed by atoms with Crippen molar-refractivity contribution in [3.05, 3.63) is 24.2 Å². The summed E-state index contributed by atoms with van der Waals surface area (Å²) in [5.41, 5.74) is 0.654. The Balaban J connectivity index is 1.97. The van der Waals surface area contributed by atoms with Crippen molar-refractivity contribution < 1.29 is 9.21 Å². The molecule has 0 saturated heterocycles. The molecule has 88 valence electrons. The predicted molar refractivity (Wildman–Crippen MR) is 62.2 cm³/mol. The van der Waals surface area contributed by atoms with Crippen LogP contribution in [0.25, 0.3) is 0 Å². The molecule has 3 heteroatoms. The molecule has 0 unspecified atom stereocenters. The highest BCUT2D eigenvalue weighted by Gasteiger charge is 2.25. The summed E-state index contributed by atoms with van der Waals surface area (Å²) in [5.74, 6) is 0.891. The van der Waals surface area contributed by atoms with Crippen LogP contribution in [0.2, 0.25) is 0 Å². The molecule has 1 amide bonds. The fraction of sp³-hybridized carbons (Fsp3) is 0.615. The molecule has 1 aliphatic carbocycles. The van der Waals surface area contributed by atoms with Gasteiger partial charge in [0.15, 0.2) is 0 Å². The molecule has 0 N–H and O–H groups in total. The maximum absolute atomic E-state index is 12.1. The van der Waals surface area contributed by atoms with E-state index >= 15 is 0 Å². The summed E-state index contributed by atoms with van der Waals surface area (Å²) in [7, 11) is 1.90. The lowest BCUT2D eigenvalue weighted by Gasteiger charge is -2.33. The predicted octanol–water partition coefficient (Wildman–Crippen LogP) is 2.93. The van der Waals surface area contributed by atoms with Gasteiger partial charge in [0.25, 0.3) is 5.91 Å². The first-order valence-electron chi connectivity index (χ1n) is 5.98. The van der Waals surface area contributed by atoms with Crippen LogP contribution in [0.5, 0.6) is 0 Å². The number of hydrogen-bond acceptors (Lipinski definition) is 2. The zero-order chi connectivity index (χ0) is 11.5. The molecule has 1 aromatic heterocycles. The number of nitrogens with zero attached hydrogens (tertiary/aromatic N) is 1. The molecule has 1 fully saturated rings. The van der Waals surface area contributed by atoms with Crippen LogP contribution in [-0.2, 0) is 0 Å². The third-order valence-electron chi connectivity index (χ3n) is 3.62. The van der Waals surface area contributed by atoms with Gasteiger partial charge in [0, 0.05) is 13.1 Å². The van der Waals surface area contributed by atoms with Gasteiger partial charge >= 0.3 is 0 Å². The van der Waals surface area contributed by atoms with E-state index in [4.69, 9.17) is 4.42 Å². The minimum Gasteiger partial charge on any atom is -0.472 e. The highest BCUT2D eigenvalue weighted by Crippen LogP contribution is 2.27. The summed E-state index contributed by atoms with van der Waals surface area (Å²) >= 11 is 0. The van der Waals surface area contributed by atoms with Gasteiger partial charge in [0.2, 0.25) is 0 Å². The van der Waals surface area contributed by atoms with Crippen molar-refractivity contribution in [3.8, 4) is 0 Å². The van der Waals surface area contributed by atoms with Gasteiger partial charge in [-0.25, -0.2) is 0 Å². The van der Waals surface area contributed by atoms with E-state index < -0.39 is 0 Å². The van der Waals surface area contributed by atoms with E-state index in [0.717, 1.165) is 18.8 Å². The van der Waals surface area contributed by atoms with Crippen LogP contribution in [0.3, 0.4) is 0 Å². The quantitative estimate of drug-likeness (QED) is 0.769. The minimum atomic E-state index is 0.0771. The molecule has 0 bridgehead atoms. The summed E-state index contributed by atoms with van der Waals surface area (Å²) in [6, 6.07) is 2.13. The third-order valence-corrected chi connectivity index (χ3v) is 3.62. The second-order valence-electron chi connectivity index (χ2n) is 4.84. The monoisotopic (exact) mass is 221 g/mol. The van der Waals surface area contributed by atoms with Gasteiger partial charge in [-0.3, -0.25) is 4.79 Å². The van der Waals surface area contributed by atoms with E-state index in [9.17, 15) is 4.79 Å². The van der Waals surface area contributed by atoms with E-state index in [2.05, 4.69) is 6.92 Å². The second kappa shape index (κ2) is 4.73. The first-order valence-corrected chi connectivity index (χ1v) is 5.98. The van der Waals surface area contributed by atoms with Gasteiger partial charge in [-0.2, -0.15) is 0 Å². The third kappa shape index (κ3) is 2.29. The van der Waals surface area contributed by atoms with Crippen LogP contribution in [0.4, 0.5) is 0 Å². The maximum Gasteiger partial charge on any atom is 0.257 e. The number of furan rings is 1. The van der Waals surface area contributed by atoms with Gasteiger partial charge < -0.3 is 9.32 Å². The van der Waals surface area contributed by atoms with E-state index in [1.165, 1.54) is 19.1 Å². The summed E-state index contributed by atoms with van der Waals surface area (Å²) < 4.78 is 4.94. The fourth-order valence-corrected chi connectivity index (χ4v) is 2.39. The largest absolute Gasteiger partial charge is 0.472 e. The Morgan fingerprint density at radius 3 is 2.62 bits per heavy atom. The van der Waals surface area contributed by atoms with Gasteiger partial charge in [0.1, 0.15) is 6.26 Å². The molecule has 0 aromatic carbocycles. The van der Waals surface area contributed by atoms with E-state index in [1.54, 1.807) is 12.3 Å². The molecule has 0 radical (unpaired) electrons. The standard InChI is InChI=1S/C13H19NO2/c1-10-3-5-12(6-4-10)14(2)13(15)11-7-8-16-9-11/h7-10,12H,3-6H2,1-2H3. The molecule has 1 heterocycles. The van der Waals surface area contributed by atoms with Crippen molar-refractivity contribution in [2.24, 2.45) is 5.92 Å². The number of rotatable bonds is 2. The van der Waals surface area contributed by atoms with Gasteiger partial charge in [-0.05, 0) is 37.7 Å². The molecule has 0 atom stereocenters. The molecule has 1 aliphatic rings. The van der Waals surface area contributed by atoms with E-state index in [-0.39, 0.29) is 5.91 Å². The molecule has 2 rings (SSSR count). The lowest BCUT2D eigenvalue weighted by molar-refractivity contribution is 0.0679. The Labute approximate surface area is 96.4 Å². The average molecular weight is 221 g/mol. The maximum atomic E-state index is 12.1. The Bertz CT molecular complexity index is 337. The smallest absolute Gasteiger partial charge is 0.257 e. The number of amides is 1. The van der Waals surface area contributed by atoms with Crippen molar-refractivity contribution in [3.63, 3.8) is 0 Å². The van der Waals surface area contributed by atoms with Crippen molar-refractivity contribution in [1.82, 2.24) is 4.90 Å². The van der Waals surface area contributed by atoms with Crippen LogP contribution in [0.1, 0.15) is 43.0 Å². The zero-order valence-corrected chi connectivity index (χ0v) is 9.98. The van der Waals surface area contributed by atoms with Gasteiger partial charge in [0.05, 0.1) is 11.8 Å². The zero-order valence-electron chi connectivity index (χ0n) is 9.98. The Morgan fingerprint density at radius 1 is 1.38 bits per heavy atom. The Morgan fingerprint density at radius 2 is 2.06 bits per heavy atom. The van der Waals surface area contributed by atoms with Crippen molar-refractivity contribution in [2.45, 2.75) is 38.6 Å². The van der Waals surface area contributed by atoms with Crippen molar-refractivity contribution >= 4 is 5.91 Å². The van der Waals surface area contributed by atoms with Crippen molar-refractivity contribution in [2.75, 3.05) is 7.05 Å². The van der Waals surface area contributed by atoms with Crippen LogP contribution in [0.15, 0.2) is 23.0 Å². The van der Waals surface area contributed by atoms with Crippen LogP contribution >= 0.6 is 0 Å². The topological polar surface area (TPSA) is 33.5 Å². The number of carbonyl (C=O) groups excluding carboxylic acids is 1. The molecule has 0 spiro atoms. The van der Waals surface area contributed by atoms with Gasteiger partial charge in [-0.15, -0.1) is 0 Å². The molecule has 16 heavy (non-hydrogen) atoms. The first-order chi connectivity index (χ1) is 7.68. The molecular formula is C13H19NO2. The highest BCUT2D eigenvalue weighted by molar-refractivity contribution is 5.93. The van der Waals surface area contributed by atoms with E-state index in [0.29, 0.717) is 11.6 Å². The number of carbonyl (C=O) groups is 1. The highest BCUT2D eigenvalue weighted by atomic mass is 16.3. The second-order valence-corrected chi connectivity index (χ2v) is 4.84. The summed E-state index contributed by atoms with van der Waals surface area (Å²) in [6.07, 6.45) is 7.78. The molecular weight excluding hydrogens is 202 g/mol. The Kier molecular flexibility index (Phi) is 3.32. The first kappa shape index (κ1) is 11.2. The summed E-state index contributed by atoms with van der Waals surface area (Å²) in [5, 5.41) is 0. The van der Waals surface area contributed by atoms with Crippen LogP contribution < -0.4 is 0 Å². The number of hydrogen-bond donors (Lipinski definition) is 0. The minimum absolute atomic E-state index is 0.0771.